The molecule has 0 spiro atoms. The van der Waals surface area contributed by atoms with Gasteiger partial charge in [0.1, 0.15) is 5.75 Å². The van der Waals surface area contributed by atoms with Crippen molar-refractivity contribution in [2.45, 2.75) is 33.7 Å². The number of nitrogens with one attached hydrogen (secondary N) is 3. The Bertz CT molecular complexity index is 775. The van der Waals surface area contributed by atoms with Crippen molar-refractivity contribution in [1.82, 2.24) is 20.9 Å². The Hall–Kier alpha value is -2.61. The third kappa shape index (κ3) is 7.96. The van der Waals surface area contributed by atoms with E-state index in [-0.39, 0.29) is 12.5 Å². The van der Waals surface area contributed by atoms with E-state index in [0.717, 1.165) is 41.7 Å². The Kier molecular flexibility index (Phi) is 9.27. The molecule has 1 aromatic heterocycles. The van der Waals surface area contributed by atoms with Crippen LogP contribution in [0.15, 0.2) is 34.6 Å². The first-order valence-electron chi connectivity index (χ1n) is 9.52. The summed E-state index contributed by atoms with van der Waals surface area (Å²) in [6, 6.07) is 7.64. The Balaban J connectivity index is 1.86. The number of ether oxygens (including phenoxy) is 1. The fourth-order valence-electron chi connectivity index (χ4n) is 2.47. The zero-order valence-electron chi connectivity index (χ0n) is 16.7. The molecule has 0 atom stereocenters. The van der Waals surface area contributed by atoms with E-state index in [2.05, 4.69) is 31.3 Å². The van der Waals surface area contributed by atoms with Crippen LogP contribution in [-0.4, -0.2) is 43.1 Å². The molecular weight excluding hydrogens is 374 g/mol. The van der Waals surface area contributed by atoms with E-state index in [1.54, 1.807) is 11.3 Å². The number of carbonyl (C=O) groups is 1. The molecule has 0 saturated carbocycles. The molecule has 2 rings (SSSR count). The maximum atomic E-state index is 11.5. The van der Waals surface area contributed by atoms with Crippen LogP contribution in [0, 0.1) is 6.92 Å². The second-order valence-electron chi connectivity index (χ2n) is 6.12. The molecule has 0 bridgehead atoms. The molecule has 1 heterocycles. The number of guanidine groups is 1. The Morgan fingerprint density at radius 2 is 2.04 bits per heavy atom. The second-order valence-corrected chi connectivity index (χ2v) is 7.18. The number of nitrogens with zero attached hydrogens (tertiary/aromatic N) is 2. The van der Waals surface area contributed by atoms with Crippen molar-refractivity contribution in [2.75, 3.05) is 26.2 Å². The largest absolute Gasteiger partial charge is 0.484 e. The van der Waals surface area contributed by atoms with E-state index in [1.807, 2.05) is 45.0 Å². The van der Waals surface area contributed by atoms with Crippen LogP contribution in [0.4, 0.5) is 0 Å². The Labute approximate surface area is 170 Å². The monoisotopic (exact) mass is 403 g/mol. The molecule has 1 aromatic carbocycles. The minimum absolute atomic E-state index is 0.0147. The number of benzene rings is 1. The van der Waals surface area contributed by atoms with Gasteiger partial charge in [0.25, 0.3) is 5.91 Å². The van der Waals surface area contributed by atoms with Gasteiger partial charge < -0.3 is 20.7 Å². The number of aliphatic imine (C=N–C) groups is 1. The molecule has 0 saturated heterocycles. The number of likely N-dealkylation sites (N-methyl/N-ethyl adjacent to an activating group) is 1. The van der Waals surface area contributed by atoms with Gasteiger partial charge in [0.05, 0.1) is 17.2 Å². The lowest BCUT2D eigenvalue weighted by Gasteiger charge is -2.11. The average Bonchev–Trinajstić information content (AvgIpc) is 3.10. The summed E-state index contributed by atoms with van der Waals surface area (Å²) in [6.45, 7) is 8.62. The molecule has 28 heavy (non-hydrogen) atoms. The summed E-state index contributed by atoms with van der Waals surface area (Å²) in [4.78, 5) is 20.6. The maximum absolute atomic E-state index is 11.5. The van der Waals surface area contributed by atoms with Crippen molar-refractivity contribution in [3.05, 3.63) is 45.9 Å². The highest BCUT2D eigenvalue weighted by Crippen LogP contribution is 2.14. The number of amides is 1. The fraction of sp³-hybridized carbons (Fsp3) is 0.450. The van der Waals surface area contributed by atoms with E-state index in [4.69, 9.17) is 4.74 Å². The molecule has 0 fully saturated rings. The third-order valence-electron chi connectivity index (χ3n) is 3.75. The lowest BCUT2D eigenvalue weighted by atomic mass is 10.2. The predicted octanol–water partition coefficient (Wildman–Crippen LogP) is 2.26. The first kappa shape index (κ1) is 21.7. The standard InChI is InChI=1S/C20H29N5O2S/c1-4-21-19(26)13-27-18-8-6-7-16(11-18)12-24-20(22-5-2)23-10-9-17-14-28-15(3)25-17/h6-8,11,14H,4-5,9-10,12-13H2,1-3H3,(H,21,26)(H2,22,23,24). The highest BCUT2D eigenvalue weighted by molar-refractivity contribution is 7.09. The first-order chi connectivity index (χ1) is 13.6. The third-order valence-corrected chi connectivity index (χ3v) is 4.57. The molecule has 0 unspecified atom stereocenters. The van der Waals surface area contributed by atoms with Crippen molar-refractivity contribution < 1.29 is 9.53 Å². The Morgan fingerprint density at radius 3 is 2.75 bits per heavy atom. The number of aromatic nitrogens is 1. The van der Waals surface area contributed by atoms with Crippen LogP contribution >= 0.6 is 11.3 Å². The topological polar surface area (TPSA) is 87.6 Å². The summed E-state index contributed by atoms with van der Waals surface area (Å²) in [6.07, 6.45) is 0.859. The summed E-state index contributed by atoms with van der Waals surface area (Å²) < 4.78 is 5.53. The van der Waals surface area contributed by atoms with Gasteiger partial charge in [0, 0.05) is 31.4 Å². The van der Waals surface area contributed by atoms with Gasteiger partial charge in [-0.25, -0.2) is 9.98 Å². The number of hydrogen-bond acceptors (Lipinski definition) is 5. The van der Waals surface area contributed by atoms with Gasteiger partial charge in [-0.3, -0.25) is 4.79 Å². The van der Waals surface area contributed by atoms with Gasteiger partial charge in [-0.2, -0.15) is 0 Å². The first-order valence-corrected chi connectivity index (χ1v) is 10.4. The van der Waals surface area contributed by atoms with E-state index in [9.17, 15) is 4.79 Å². The molecule has 0 radical (unpaired) electrons. The van der Waals surface area contributed by atoms with Crippen LogP contribution in [0.3, 0.4) is 0 Å². The highest BCUT2D eigenvalue weighted by Gasteiger charge is 2.03. The van der Waals surface area contributed by atoms with Gasteiger partial charge in [0.2, 0.25) is 0 Å². The summed E-state index contributed by atoms with van der Waals surface area (Å²) in [5.74, 6) is 1.30. The van der Waals surface area contributed by atoms with Crippen LogP contribution in [0.5, 0.6) is 5.75 Å². The highest BCUT2D eigenvalue weighted by atomic mass is 32.1. The van der Waals surface area contributed by atoms with Gasteiger partial charge >= 0.3 is 0 Å². The predicted molar refractivity (Wildman–Crippen MR) is 114 cm³/mol. The lowest BCUT2D eigenvalue weighted by Crippen LogP contribution is -2.38. The Morgan fingerprint density at radius 1 is 1.21 bits per heavy atom. The molecule has 7 nitrogen and oxygen atoms in total. The minimum atomic E-state index is -0.125. The van der Waals surface area contributed by atoms with E-state index in [0.29, 0.717) is 18.8 Å². The smallest absolute Gasteiger partial charge is 0.257 e. The SMILES string of the molecule is CCNC(=O)COc1cccc(CN=C(NCC)NCCc2csc(C)n2)c1. The lowest BCUT2D eigenvalue weighted by molar-refractivity contribution is -0.122. The quantitative estimate of drug-likeness (QED) is 0.418. The number of thiazole rings is 1. The molecule has 0 aliphatic rings. The van der Waals surface area contributed by atoms with Gasteiger partial charge in [0.15, 0.2) is 12.6 Å². The van der Waals surface area contributed by atoms with Crippen LogP contribution in [0.1, 0.15) is 30.1 Å². The summed E-state index contributed by atoms with van der Waals surface area (Å²) >= 11 is 1.67. The van der Waals surface area contributed by atoms with E-state index < -0.39 is 0 Å². The normalized spacial score (nSPS) is 11.2. The van der Waals surface area contributed by atoms with Crippen molar-refractivity contribution in [1.29, 1.82) is 0 Å². The number of carbonyl (C=O) groups excluding carboxylic acids is 1. The van der Waals surface area contributed by atoms with Crippen molar-refractivity contribution in [3.8, 4) is 5.75 Å². The van der Waals surface area contributed by atoms with Gasteiger partial charge in [-0.1, -0.05) is 12.1 Å². The molecule has 0 aliphatic carbocycles. The molecule has 3 N–H and O–H groups in total. The molecule has 152 valence electrons. The zero-order valence-corrected chi connectivity index (χ0v) is 17.6. The molecular formula is C20H29N5O2S. The second kappa shape index (κ2) is 12.0. The maximum Gasteiger partial charge on any atom is 0.257 e. The van der Waals surface area contributed by atoms with Crippen LogP contribution in [0.25, 0.3) is 0 Å². The van der Waals surface area contributed by atoms with Crippen LogP contribution in [0.2, 0.25) is 0 Å². The van der Waals surface area contributed by atoms with Crippen LogP contribution < -0.4 is 20.7 Å². The van der Waals surface area contributed by atoms with Gasteiger partial charge in [-0.15, -0.1) is 11.3 Å². The number of aryl methyl sites for hydroxylation is 1. The molecule has 8 heteroatoms. The molecule has 0 aliphatic heterocycles. The van der Waals surface area contributed by atoms with Crippen LogP contribution in [-0.2, 0) is 17.8 Å². The van der Waals surface area contributed by atoms with Crippen molar-refractivity contribution in [3.63, 3.8) is 0 Å². The zero-order chi connectivity index (χ0) is 20.2. The summed E-state index contributed by atoms with van der Waals surface area (Å²) in [5, 5.41) is 12.5. The van der Waals surface area contributed by atoms with E-state index >= 15 is 0 Å². The van der Waals surface area contributed by atoms with Crippen molar-refractivity contribution in [2.24, 2.45) is 4.99 Å². The summed E-state index contributed by atoms with van der Waals surface area (Å²) in [7, 11) is 0. The fourth-order valence-corrected chi connectivity index (χ4v) is 3.12. The summed E-state index contributed by atoms with van der Waals surface area (Å²) in [5.41, 5.74) is 2.11. The molecule has 2 aromatic rings. The molecule has 1 amide bonds. The number of hydrogen-bond donors (Lipinski definition) is 3. The van der Waals surface area contributed by atoms with E-state index in [1.165, 1.54) is 0 Å². The van der Waals surface area contributed by atoms with Crippen molar-refractivity contribution >= 4 is 23.2 Å². The minimum Gasteiger partial charge on any atom is -0.484 e. The average molecular weight is 404 g/mol. The number of rotatable bonds is 10. The van der Waals surface area contributed by atoms with Gasteiger partial charge in [-0.05, 0) is 38.5 Å².